The van der Waals surface area contributed by atoms with Crippen LogP contribution >= 0.6 is 11.6 Å². The fourth-order valence-corrected chi connectivity index (χ4v) is 2.30. The van der Waals surface area contributed by atoms with Gasteiger partial charge in [0.15, 0.2) is 11.6 Å². The van der Waals surface area contributed by atoms with Crippen LogP contribution in [0.4, 0.5) is 13.2 Å². The van der Waals surface area contributed by atoms with Crippen molar-refractivity contribution in [3.8, 4) is 0 Å². The molecule has 0 aliphatic carbocycles. The number of benzene rings is 2. The van der Waals surface area contributed by atoms with Gasteiger partial charge in [0.1, 0.15) is 5.82 Å². The molecule has 0 bridgehead atoms. The van der Waals surface area contributed by atoms with Crippen LogP contribution in [0.3, 0.4) is 0 Å². The Labute approximate surface area is 126 Å². The van der Waals surface area contributed by atoms with E-state index in [1.165, 1.54) is 18.2 Å². The van der Waals surface area contributed by atoms with Crippen LogP contribution in [0.25, 0.3) is 0 Å². The number of halogens is 4. The van der Waals surface area contributed by atoms with Crippen LogP contribution in [-0.2, 0) is 6.42 Å². The summed E-state index contributed by atoms with van der Waals surface area (Å²) in [5, 5.41) is 3.25. The molecule has 0 saturated carbocycles. The van der Waals surface area contributed by atoms with Gasteiger partial charge in [-0.3, -0.25) is 0 Å². The molecular weight excluding hydrogens is 299 g/mol. The highest BCUT2D eigenvalue weighted by atomic mass is 35.5. The lowest BCUT2D eigenvalue weighted by molar-refractivity contribution is 0.497. The van der Waals surface area contributed by atoms with Crippen molar-refractivity contribution < 1.29 is 13.2 Å². The van der Waals surface area contributed by atoms with Crippen LogP contribution in [0.5, 0.6) is 0 Å². The first-order chi connectivity index (χ1) is 10.0. The molecule has 0 amide bonds. The molecule has 21 heavy (non-hydrogen) atoms. The summed E-state index contributed by atoms with van der Waals surface area (Å²) >= 11 is 5.65. The molecule has 0 spiro atoms. The zero-order valence-electron chi connectivity index (χ0n) is 11.5. The topological polar surface area (TPSA) is 12.0 Å². The van der Waals surface area contributed by atoms with Crippen LogP contribution in [0.1, 0.15) is 24.1 Å². The smallest absolute Gasteiger partial charge is 0.159 e. The van der Waals surface area contributed by atoms with Crippen molar-refractivity contribution in [2.24, 2.45) is 0 Å². The van der Waals surface area contributed by atoms with Crippen molar-refractivity contribution in [2.75, 3.05) is 6.54 Å². The standard InChI is InChI=1S/C16H15ClF3N/c1-2-21-16(11-4-6-13(18)15(20)9-11)8-10-3-5-12(17)14(19)7-10/h3-7,9,16,21H,2,8H2,1H3. The summed E-state index contributed by atoms with van der Waals surface area (Å²) < 4.78 is 39.8. The first-order valence-electron chi connectivity index (χ1n) is 6.63. The van der Waals surface area contributed by atoms with Crippen LogP contribution in [0.15, 0.2) is 36.4 Å². The summed E-state index contributed by atoms with van der Waals surface area (Å²) in [6.45, 7) is 2.56. The Morgan fingerprint density at radius 1 is 1.00 bits per heavy atom. The fraction of sp³-hybridized carbons (Fsp3) is 0.250. The summed E-state index contributed by atoms with van der Waals surface area (Å²) in [5.41, 5.74) is 1.35. The molecule has 2 aromatic carbocycles. The molecule has 0 aromatic heterocycles. The molecule has 2 aromatic rings. The van der Waals surface area contributed by atoms with Crippen molar-refractivity contribution in [1.82, 2.24) is 5.32 Å². The molecule has 0 aliphatic heterocycles. The van der Waals surface area contributed by atoms with Gasteiger partial charge < -0.3 is 5.32 Å². The highest BCUT2D eigenvalue weighted by Gasteiger charge is 2.14. The van der Waals surface area contributed by atoms with E-state index in [0.717, 1.165) is 17.7 Å². The Balaban J connectivity index is 2.25. The molecule has 2 rings (SSSR count). The predicted molar refractivity (Wildman–Crippen MR) is 77.9 cm³/mol. The first-order valence-corrected chi connectivity index (χ1v) is 7.01. The van der Waals surface area contributed by atoms with E-state index in [0.29, 0.717) is 18.5 Å². The highest BCUT2D eigenvalue weighted by molar-refractivity contribution is 6.30. The monoisotopic (exact) mass is 313 g/mol. The largest absolute Gasteiger partial charge is 0.310 e. The molecule has 0 heterocycles. The molecule has 0 radical (unpaired) electrons. The molecule has 5 heteroatoms. The Morgan fingerprint density at radius 2 is 1.76 bits per heavy atom. The van der Waals surface area contributed by atoms with E-state index in [9.17, 15) is 13.2 Å². The van der Waals surface area contributed by atoms with E-state index < -0.39 is 17.5 Å². The van der Waals surface area contributed by atoms with Gasteiger partial charge in [-0.25, -0.2) is 13.2 Å². The lowest BCUT2D eigenvalue weighted by Gasteiger charge is -2.19. The van der Waals surface area contributed by atoms with E-state index in [-0.39, 0.29) is 11.1 Å². The third kappa shape index (κ3) is 3.99. The van der Waals surface area contributed by atoms with Crippen molar-refractivity contribution in [3.63, 3.8) is 0 Å². The maximum Gasteiger partial charge on any atom is 0.159 e. The molecule has 1 nitrogen and oxygen atoms in total. The second-order valence-corrected chi connectivity index (χ2v) is 5.14. The first kappa shape index (κ1) is 15.9. The van der Waals surface area contributed by atoms with Gasteiger partial charge in [-0.2, -0.15) is 0 Å². The Morgan fingerprint density at radius 3 is 2.38 bits per heavy atom. The maximum atomic E-state index is 13.5. The number of likely N-dealkylation sites (N-methyl/N-ethyl adjacent to an activating group) is 1. The lowest BCUT2D eigenvalue weighted by Crippen LogP contribution is -2.23. The Bertz CT molecular complexity index is 631. The van der Waals surface area contributed by atoms with Gasteiger partial charge in [0, 0.05) is 6.04 Å². The van der Waals surface area contributed by atoms with Crippen LogP contribution in [0, 0.1) is 17.5 Å². The van der Waals surface area contributed by atoms with Crippen LogP contribution in [0.2, 0.25) is 5.02 Å². The zero-order chi connectivity index (χ0) is 15.4. The number of rotatable bonds is 5. The van der Waals surface area contributed by atoms with Gasteiger partial charge in [0.2, 0.25) is 0 Å². The molecule has 112 valence electrons. The second-order valence-electron chi connectivity index (χ2n) is 4.74. The average Bonchev–Trinajstić information content (AvgIpc) is 2.45. The summed E-state index contributed by atoms with van der Waals surface area (Å²) in [4.78, 5) is 0. The number of nitrogens with one attached hydrogen (secondary N) is 1. The molecule has 1 N–H and O–H groups in total. The van der Waals surface area contributed by atoms with Gasteiger partial charge in [0.25, 0.3) is 0 Å². The van der Waals surface area contributed by atoms with Gasteiger partial charge in [-0.05, 0) is 48.4 Å². The van der Waals surface area contributed by atoms with Crippen molar-refractivity contribution in [1.29, 1.82) is 0 Å². The summed E-state index contributed by atoms with van der Waals surface area (Å²) in [5.74, 6) is -2.26. The van der Waals surface area contributed by atoms with Gasteiger partial charge >= 0.3 is 0 Å². The Kier molecular flexibility index (Phi) is 5.26. The third-order valence-corrected chi connectivity index (χ3v) is 3.53. The summed E-state index contributed by atoms with van der Waals surface area (Å²) in [7, 11) is 0. The molecular formula is C16H15ClF3N. The third-order valence-electron chi connectivity index (χ3n) is 3.22. The molecule has 0 aliphatic rings. The average molecular weight is 314 g/mol. The van der Waals surface area contributed by atoms with Gasteiger partial charge in [-0.15, -0.1) is 0 Å². The van der Waals surface area contributed by atoms with Crippen molar-refractivity contribution in [3.05, 3.63) is 70.0 Å². The summed E-state index contributed by atoms with van der Waals surface area (Å²) in [6, 6.07) is 8.11. The minimum atomic E-state index is -0.891. The van der Waals surface area contributed by atoms with E-state index >= 15 is 0 Å². The predicted octanol–water partition coefficient (Wildman–Crippen LogP) is 4.65. The van der Waals surface area contributed by atoms with E-state index in [2.05, 4.69) is 5.32 Å². The Hall–Kier alpha value is -1.52. The minimum absolute atomic E-state index is 0.0616. The fourth-order valence-electron chi connectivity index (χ4n) is 2.19. The molecule has 1 unspecified atom stereocenters. The zero-order valence-corrected chi connectivity index (χ0v) is 12.2. The maximum absolute atomic E-state index is 13.5. The van der Waals surface area contributed by atoms with Gasteiger partial charge in [-0.1, -0.05) is 30.7 Å². The van der Waals surface area contributed by atoms with E-state index in [1.54, 1.807) is 6.07 Å². The van der Waals surface area contributed by atoms with Gasteiger partial charge in [0.05, 0.1) is 5.02 Å². The quantitative estimate of drug-likeness (QED) is 0.847. The van der Waals surface area contributed by atoms with E-state index in [4.69, 9.17) is 11.6 Å². The molecule has 0 saturated heterocycles. The number of hydrogen-bond acceptors (Lipinski definition) is 1. The van der Waals surface area contributed by atoms with Crippen LogP contribution in [-0.4, -0.2) is 6.54 Å². The van der Waals surface area contributed by atoms with Crippen molar-refractivity contribution in [2.45, 2.75) is 19.4 Å². The van der Waals surface area contributed by atoms with E-state index in [1.807, 2.05) is 6.92 Å². The summed E-state index contributed by atoms with van der Waals surface area (Å²) in [6.07, 6.45) is 0.451. The van der Waals surface area contributed by atoms with Crippen LogP contribution < -0.4 is 5.32 Å². The second kappa shape index (κ2) is 6.96. The minimum Gasteiger partial charge on any atom is -0.310 e. The highest BCUT2D eigenvalue weighted by Crippen LogP contribution is 2.23. The molecule has 0 fully saturated rings. The normalized spacial score (nSPS) is 12.4. The number of hydrogen-bond donors (Lipinski definition) is 1. The molecule has 1 atom stereocenters. The lowest BCUT2D eigenvalue weighted by atomic mass is 9.98. The van der Waals surface area contributed by atoms with Crippen molar-refractivity contribution >= 4 is 11.6 Å². The SMILES string of the molecule is CCNC(Cc1ccc(Cl)c(F)c1)c1ccc(F)c(F)c1.